The van der Waals surface area contributed by atoms with Crippen LogP contribution in [-0.2, 0) is 33.5 Å². The molecule has 54 heavy (non-hydrogen) atoms. The minimum absolute atomic E-state index is 0.0955. The molecule has 4 N–H and O–H groups in total. The van der Waals surface area contributed by atoms with Crippen molar-refractivity contribution in [2.75, 3.05) is 57.3 Å². The Morgan fingerprint density at radius 3 is 2.22 bits per heavy atom. The smallest absolute Gasteiger partial charge is 0.407 e. The Bertz CT molecular complexity index is 1500. The van der Waals surface area contributed by atoms with Crippen molar-refractivity contribution in [2.45, 2.75) is 82.1 Å². The largest absolute Gasteiger partial charge is 0.449 e. The quantitative estimate of drug-likeness (QED) is 0.180. The Balaban J connectivity index is 1.78. The normalized spacial score (nSPS) is 18.2. The summed E-state index contributed by atoms with van der Waals surface area (Å²) in [7, 11) is 3.12. The molecule has 2 aliphatic heterocycles. The zero-order chi connectivity index (χ0) is 40.2. The molecule has 0 radical (unpaired) electrons. The molecule has 1 spiro atoms. The van der Waals surface area contributed by atoms with Crippen LogP contribution in [0.15, 0.2) is 30.3 Å². The molecular weight excluding hydrogens is 753 g/mol. The number of carbonyl (C=O) groups excluding carboxylic acids is 7. The molecule has 4 atom stereocenters. The van der Waals surface area contributed by atoms with Crippen LogP contribution in [0.4, 0.5) is 4.79 Å². The minimum Gasteiger partial charge on any atom is -0.449 e. The molecule has 1 aromatic carbocycles. The first-order valence-electron chi connectivity index (χ1n) is 18.1. The predicted molar refractivity (Wildman–Crippen MR) is 214 cm³/mol. The van der Waals surface area contributed by atoms with Gasteiger partial charge < -0.3 is 35.8 Å². The second kappa shape index (κ2) is 20.5. The molecule has 0 saturated carbocycles. The van der Waals surface area contributed by atoms with Gasteiger partial charge in [0.25, 0.3) is 5.91 Å². The number of likely N-dealkylation sites (N-methyl/N-ethyl adjacent to an activating group) is 1. The van der Waals surface area contributed by atoms with Crippen LogP contribution >= 0.6 is 35.3 Å². The second-order valence-corrected chi connectivity index (χ2v) is 19.3. The van der Waals surface area contributed by atoms with Gasteiger partial charge >= 0.3 is 6.09 Å². The summed E-state index contributed by atoms with van der Waals surface area (Å²) in [6.45, 7) is 9.12. The van der Waals surface area contributed by atoms with E-state index in [1.54, 1.807) is 68.0 Å². The number of nitrogens with one attached hydrogen (secondary N) is 4. The number of ketones is 1. The van der Waals surface area contributed by atoms with Crippen LogP contribution in [0.3, 0.4) is 0 Å². The van der Waals surface area contributed by atoms with Crippen LogP contribution in [-0.4, -0.2) is 131 Å². The molecular formula is C37H56N6O8S3. The van der Waals surface area contributed by atoms with Gasteiger partial charge in [-0.2, -0.15) is 11.8 Å². The number of carbonyl (C=O) groups is 7. The SMILES string of the molecule is CSCCC(NC(=O)C1CC2(CN1C(=O)C(NC(=O)OCC(C)C)C(C)(C)C)SCCCS2)C(=O)C(=O)NCC(=O)NC(C(=O)N(C)C)c1ccccc1. The Kier molecular flexibility index (Phi) is 17.0. The molecule has 2 fully saturated rings. The molecule has 2 aliphatic rings. The van der Waals surface area contributed by atoms with Crippen molar-refractivity contribution in [1.29, 1.82) is 0 Å². The van der Waals surface area contributed by atoms with Crippen molar-refractivity contribution >= 4 is 76.7 Å². The van der Waals surface area contributed by atoms with Gasteiger partial charge in [-0.3, -0.25) is 28.8 Å². The summed E-state index contributed by atoms with van der Waals surface area (Å²) in [6.07, 6.45) is 2.54. The van der Waals surface area contributed by atoms with E-state index in [1.165, 1.54) is 21.6 Å². The zero-order valence-corrected chi connectivity index (χ0v) is 35.0. The third kappa shape index (κ3) is 12.8. The summed E-state index contributed by atoms with van der Waals surface area (Å²) in [5.74, 6) is -1.84. The van der Waals surface area contributed by atoms with E-state index in [0.29, 0.717) is 17.7 Å². The van der Waals surface area contributed by atoms with Gasteiger partial charge in [0.2, 0.25) is 29.4 Å². The first-order chi connectivity index (χ1) is 25.4. The molecule has 300 valence electrons. The maximum atomic E-state index is 14.4. The van der Waals surface area contributed by atoms with Crippen molar-refractivity contribution in [3.05, 3.63) is 35.9 Å². The maximum Gasteiger partial charge on any atom is 0.407 e. The summed E-state index contributed by atoms with van der Waals surface area (Å²) >= 11 is 4.83. The molecule has 1 aromatic rings. The summed E-state index contributed by atoms with van der Waals surface area (Å²) in [6, 6.07) is 4.42. The van der Waals surface area contributed by atoms with Gasteiger partial charge in [0.1, 0.15) is 18.1 Å². The Hall–Kier alpha value is -3.44. The molecule has 0 bridgehead atoms. The molecule has 0 aliphatic carbocycles. The third-order valence-corrected chi connectivity index (χ3v) is 12.8. The lowest BCUT2D eigenvalue weighted by Crippen LogP contribution is -2.59. The standard InChI is InChI=1S/C37H56N6O8S3/c1-23(2)21-51-35(50)41-30(36(3,4)5)34(49)43-22-37(53-16-12-17-54-37)19-26(43)31(46)39-25(15-18-52-8)29(45)32(47)38-20-27(44)40-28(33(48)42(6)7)24-13-10-9-11-14-24/h9-11,13-14,23,25-26,28,30H,12,15-22H2,1-8H3,(H,38,47)(H,39,46)(H,40,44)(H,41,50). The van der Waals surface area contributed by atoms with Crippen molar-refractivity contribution in [3.8, 4) is 0 Å². The molecule has 3 rings (SSSR count). The number of rotatable bonds is 16. The van der Waals surface area contributed by atoms with Crippen molar-refractivity contribution in [1.82, 2.24) is 31.1 Å². The summed E-state index contributed by atoms with van der Waals surface area (Å²) < 4.78 is 4.88. The first kappa shape index (κ1) is 45.0. The Morgan fingerprint density at radius 1 is 1.00 bits per heavy atom. The second-order valence-electron chi connectivity index (χ2n) is 15.1. The number of nitrogens with zero attached hydrogens (tertiary/aromatic N) is 2. The lowest BCUT2D eigenvalue weighted by Gasteiger charge is -2.36. The summed E-state index contributed by atoms with van der Waals surface area (Å²) in [4.78, 5) is 96.6. The highest BCUT2D eigenvalue weighted by atomic mass is 32.2. The number of amides is 6. The Morgan fingerprint density at radius 2 is 1.65 bits per heavy atom. The fraction of sp³-hybridized carbons (Fsp3) is 0.649. The van der Waals surface area contributed by atoms with E-state index in [9.17, 15) is 33.6 Å². The number of Topliss-reactive ketones (excluding diaryl/α,β-unsaturated/α-hetero) is 1. The molecule has 0 aromatic heterocycles. The van der Waals surface area contributed by atoms with Crippen LogP contribution in [0, 0.1) is 11.3 Å². The van der Waals surface area contributed by atoms with Gasteiger partial charge in [-0.05, 0) is 53.3 Å². The maximum absolute atomic E-state index is 14.4. The number of likely N-dealkylation sites (tertiary alicyclic amines) is 1. The van der Waals surface area contributed by atoms with Crippen LogP contribution in [0.5, 0.6) is 0 Å². The summed E-state index contributed by atoms with van der Waals surface area (Å²) in [5.41, 5.74) is -0.187. The van der Waals surface area contributed by atoms with Gasteiger partial charge in [0.15, 0.2) is 0 Å². The van der Waals surface area contributed by atoms with Crippen molar-refractivity contribution in [2.24, 2.45) is 11.3 Å². The highest BCUT2D eigenvalue weighted by Crippen LogP contribution is 2.50. The number of ether oxygens (including phenoxy) is 1. The first-order valence-corrected chi connectivity index (χ1v) is 21.4. The van der Waals surface area contributed by atoms with Crippen LogP contribution in [0.1, 0.15) is 65.5 Å². The van der Waals surface area contributed by atoms with E-state index in [-0.39, 0.29) is 31.4 Å². The van der Waals surface area contributed by atoms with Crippen LogP contribution < -0.4 is 21.3 Å². The third-order valence-electron chi connectivity index (χ3n) is 8.82. The lowest BCUT2D eigenvalue weighted by molar-refractivity contribution is -0.144. The average Bonchev–Trinajstić information content (AvgIpc) is 3.50. The summed E-state index contributed by atoms with van der Waals surface area (Å²) in [5, 5.41) is 10.5. The zero-order valence-electron chi connectivity index (χ0n) is 32.5. The van der Waals surface area contributed by atoms with E-state index < -0.39 is 75.7 Å². The molecule has 2 saturated heterocycles. The highest BCUT2D eigenvalue weighted by Gasteiger charge is 2.53. The number of thioether (sulfide) groups is 3. The Labute approximate surface area is 331 Å². The van der Waals surface area contributed by atoms with E-state index in [4.69, 9.17) is 4.74 Å². The average molecular weight is 809 g/mol. The van der Waals surface area contributed by atoms with Gasteiger partial charge in [-0.25, -0.2) is 4.79 Å². The molecule has 17 heteroatoms. The fourth-order valence-corrected chi connectivity index (χ4v) is 9.75. The monoisotopic (exact) mass is 808 g/mol. The van der Waals surface area contributed by atoms with Crippen molar-refractivity contribution in [3.63, 3.8) is 0 Å². The van der Waals surface area contributed by atoms with E-state index in [1.807, 2.05) is 40.9 Å². The highest BCUT2D eigenvalue weighted by molar-refractivity contribution is 8.18. The van der Waals surface area contributed by atoms with Gasteiger partial charge in [-0.1, -0.05) is 65.0 Å². The topological polar surface area (TPSA) is 183 Å². The number of hydrogen-bond donors (Lipinski definition) is 4. The van der Waals surface area contributed by atoms with Gasteiger partial charge in [0, 0.05) is 27.1 Å². The minimum atomic E-state index is -1.23. The lowest BCUT2D eigenvalue weighted by atomic mass is 9.85. The number of hydrogen-bond acceptors (Lipinski definition) is 11. The van der Waals surface area contributed by atoms with Crippen LogP contribution in [0.25, 0.3) is 0 Å². The van der Waals surface area contributed by atoms with E-state index >= 15 is 0 Å². The van der Waals surface area contributed by atoms with Crippen molar-refractivity contribution < 1.29 is 38.3 Å². The van der Waals surface area contributed by atoms with Gasteiger partial charge in [0.05, 0.1) is 23.3 Å². The van der Waals surface area contributed by atoms with E-state index in [0.717, 1.165) is 17.9 Å². The molecule has 6 amide bonds. The number of benzene rings is 1. The van der Waals surface area contributed by atoms with Gasteiger partial charge in [-0.15, -0.1) is 23.5 Å². The fourth-order valence-electron chi connectivity index (χ4n) is 5.93. The number of alkyl carbamates (subject to hydrolysis) is 1. The van der Waals surface area contributed by atoms with Crippen LogP contribution in [0.2, 0.25) is 0 Å². The molecule has 2 heterocycles. The molecule has 14 nitrogen and oxygen atoms in total. The van der Waals surface area contributed by atoms with E-state index in [2.05, 4.69) is 21.3 Å². The molecule has 4 unspecified atom stereocenters. The predicted octanol–water partition coefficient (Wildman–Crippen LogP) is 2.82.